The minimum atomic E-state index is -1.06. The molecule has 1 aliphatic rings. The molecule has 0 aliphatic carbocycles. The largest absolute Gasteiger partial charge is 0.480 e. The molecule has 0 saturated carbocycles. The van der Waals surface area contributed by atoms with E-state index < -0.39 is 36.0 Å². The topological polar surface area (TPSA) is 204 Å². The Morgan fingerprint density at radius 1 is 1.31 bits per heavy atom. The lowest BCUT2D eigenvalue weighted by Gasteiger charge is -2.24. The number of amides is 3. The summed E-state index contributed by atoms with van der Waals surface area (Å²) in [6.45, 7) is 0.895. The van der Waals surface area contributed by atoms with Crippen molar-refractivity contribution in [1.29, 1.82) is 0 Å². The van der Waals surface area contributed by atoms with Crippen LogP contribution in [-0.4, -0.2) is 57.2 Å². The normalized spacial score (nSPS) is 18.4. The lowest BCUT2D eigenvalue weighted by molar-refractivity contribution is -0.141. The summed E-state index contributed by atoms with van der Waals surface area (Å²) in [5, 5.41) is 15.8. The zero-order valence-corrected chi connectivity index (χ0v) is 16.2. The molecule has 1 saturated heterocycles. The quantitative estimate of drug-likeness (QED) is 0.304. The van der Waals surface area contributed by atoms with Crippen molar-refractivity contribution in [3.63, 3.8) is 0 Å². The van der Waals surface area contributed by atoms with Crippen LogP contribution in [0.1, 0.15) is 68.7 Å². The number of urea groups is 1. The number of likely N-dealkylation sites (tertiary alicyclic amines) is 1. The Balaban J connectivity index is 2.08. The first kappa shape index (κ1) is 22.6. The summed E-state index contributed by atoms with van der Waals surface area (Å²) in [6, 6.07) is -2.69. The van der Waals surface area contributed by atoms with Gasteiger partial charge in [0.15, 0.2) is 5.82 Å². The highest BCUT2D eigenvalue weighted by molar-refractivity contribution is 5.83. The van der Waals surface area contributed by atoms with Crippen molar-refractivity contribution < 1.29 is 24.0 Å². The molecule has 3 atom stereocenters. The maximum Gasteiger partial charge on any atom is 0.326 e. The highest BCUT2D eigenvalue weighted by Crippen LogP contribution is 2.23. The molecule has 1 fully saturated rings. The molecule has 12 heteroatoms. The van der Waals surface area contributed by atoms with Crippen molar-refractivity contribution in [2.24, 2.45) is 17.2 Å². The summed E-state index contributed by atoms with van der Waals surface area (Å²) in [5.41, 5.74) is 16.8. The summed E-state index contributed by atoms with van der Waals surface area (Å²) in [4.78, 5) is 40.7. The number of carbonyl (C=O) groups is 3. The second-order valence-electron chi connectivity index (χ2n) is 7.08. The van der Waals surface area contributed by atoms with E-state index in [1.54, 1.807) is 0 Å². The number of hydrogen-bond donors (Lipinski definition) is 5. The molecular formula is C17H29N7O5. The number of aromatic nitrogens is 2. The van der Waals surface area contributed by atoms with Gasteiger partial charge in [-0.2, -0.15) is 4.98 Å². The molecule has 1 aromatic rings. The Bertz CT molecular complexity index is 710. The van der Waals surface area contributed by atoms with E-state index in [0.717, 1.165) is 12.8 Å². The number of carboxylic acids is 1. The Morgan fingerprint density at radius 2 is 2.07 bits per heavy atom. The van der Waals surface area contributed by atoms with Gasteiger partial charge in [-0.15, -0.1) is 0 Å². The zero-order chi connectivity index (χ0) is 21.4. The molecule has 2 rings (SSSR count). The molecule has 1 aromatic heterocycles. The summed E-state index contributed by atoms with van der Waals surface area (Å²) < 4.78 is 5.26. The molecule has 8 N–H and O–H groups in total. The molecule has 12 nitrogen and oxygen atoms in total. The number of unbranched alkanes of at least 4 members (excludes halogenated alkanes) is 1. The van der Waals surface area contributed by atoms with Crippen LogP contribution in [0, 0.1) is 0 Å². The van der Waals surface area contributed by atoms with Crippen molar-refractivity contribution >= 4 is 17.9 Å². The molecule has 1 aliphatic heterocycles. The Hall–Kier alpha value is -2.73. The van der Waals surface area contributed by atoms with Crippen LogP contribution in [0.3, 0.4) is 0 Å². The number of rotatable bonds is 11. The van der Waals surface area contributed by atoms with Crippen molar-refractivity contribution in [2.75, 3.05) is 13.1 Å². The first-order valence-electron chi connectivity index (χ1n) is 9.70. The molecule has 162 valence electrons. The van der Waals surface area contributed by atoms with E-state index in [4.69, 9.17) is 21.7 Å². The van der Waals surface area contributed by atoms with Gasteiger partial charge in [-0.05, 0) is 38.6 Å². The first-order valence-corrected chi connectivity index (χ1v) is 9.70. The van der Waals surface area contributed by atoms with Crippen molar-refractivity contribution in [2.45, 2.75) is 63.1 Å². The summed E-state index contributed by atoms with van der Waals surface area (Å²) in [5.74, 6) is -1.23. The standard InChI is InChI=1S/C17H29N7O5/c18-8-2-1-4-10(19)14-22-15(29-23-14)11(6-7-13(20)25)21-17(28)24-9-3-5-12(24)16(26)27/h10-12H,1-9,18-19H2,(H2,20,25)(H,21,28)(H,26,27)/t10-,11-,12-/m0/s1. The number of nitrogens with two attached hydrogens (primary N) is 3. The van der Waals surface area contributed by atoms with Crippen LogP contribution < -0.4 is 22.5 Å². The van der Waals surface area contributed by atoms with Crippen molar-refractivity contribution in [3.05, 3.63) is 11.7 Å². The predicted molar refractivity (Wildman–Crippen MR) is 101 cm³/mol. The summed E-state index contributed by atoms with van der Waals surface area (Å²) in [6.07, 6.45) is 3.37. The van der Waals surface area contributed by atoms with Gasteiger partial charge in [-0.1, -0.05) is 11.6 Å². The molecule has 2 heterocycles. The van der Waals surface area contributed by atoms with Crippen LogP contribution in [0.4, 0.5) is 4.79 Å². The summed E-state index contributed by atoms with van der Waals surface area (Å²) in [7, 11) is 0. The minimum Gasteiger partial charge on any atom is -0.480 e. The van der Waals surface area contributed by atoms with E-state index in [-0.39, 0.29) is 18.7 Å². The second-order valence-corrected chi connectivity index (χ2v) is 7.08. The molecule has 0 aromatic carbocycles. The van der Waals surface area contributed by atoms with E-state index in [1.165, 1.54) is 4.90 Å². The number of nitrogens with one attached hydrogen (secondary N) is 1. The average molecular weight is 411 g/mol. The lowest BCUT2D eigenvalue weighted by atomic mass is 10.1. The van der Waals surface area contributed by atoms with Gasteiger partial charge in [-0.3, -0.25) is 4.79 Å². The number of hydrogen-bond acceptors (Lipinski definition) is 8. The molecule has 0 radical (unpaired) electrons. The molecule has 0 bridgehead atoms. The molecular weight excluding hydrogens is 382 g/mol. The van der Waals surface area contributed by atoms with Crippen LogP contribution in [0.2, 0.25) is 0 Å². The third kappa shape index (κ3) is 6.39. The van der Waals surface area contributed by atoms with Crippen LogP contribution in [-0.2, 0) is 9.59 Å². The number of carboxylic acid groups (broad SMARTS) is 1. The molecule has 0 spiro atoms. The van der Waals surface area contributed by atoms with E-state index in [1.807, 2.05) is 0 Å². The zero-order valence-electron chi connectivity index (χ0n) is 16.2. The second kappa shape index (κ2) is 10.7. The number of primary amides is 1. The number of nitrogens with zero attached hydrogens (tertiary/aromatic N) is 3. The van der Waals surface area contributed by atoms with Gasteiger partial charge in [-0.25, -0.2) is 9.59 Å². The fraction of sp³-hybridized carbons (Fsp3) is 0.706. The van der Waals surface area contributed by atoms with Gasteiger partial charge in [0.2, 0.25) is 11.8 Å². The highest BCUT2D eigenvalue weighted by Gasteiger charge is 2.35. The fourth-order valence-corrected chi connectivity index (χ4v) is 3.22. The third-order valence-electron chi connectivity index (χ3n) is 4.83. The Kier molecular flexibility index (Phi) is 8.34. The van der Waals surface area contributed by atoms with Crippen LogP contribution in [0.15, 0.2) is 4.52 Å². The van der Waals surface area contributed by atoms with Gasteiger partial charge in [0.05, 0.1) is 6.04 Å². The Morgan fingerprint density at radius 3 is 2.72 bits per heavy atom. The van der Waals surface area contributed by atoms with E-state index >= 15 is 0 Å². The van der Waals surface area contributed by atoms with Gasteiger partial charge in [0.1, 0.15) is 12.1 Å². The van der Waals surface area contributed by atoms with E-state index in [9.17, 15) is 19.5 Å². The lowest BCUT2D eigenvalue weighted by Crippen LogP contribution is -2.47. The SMILES string of the molecule is NCCCC[C@H](N)c1noc([C@H](CCC(N)=O)NC(=O)N2CCC[C@H]2C(=O)O)n1. The Labute approximate surface area is 168 Å². The maximum atomic E-state index is 12.6. The third-order valence-corrected chi connectivity index (χ3v) is 4.83. The fourth-order valence-electron chi connectivity index (χ4n) is 3.22. The average Bonchev–Trinajstić information content (AvgIpc) is 3.34. The first-order chi connectivity index (χ1) is 13.8. The van der Waals surface area contributed by atoms with Gasteiger partial charge >= 0.3 is 12.0 Å². The van der Waals surface area contributed by atoms with Gasteiger partial charge in [0.25, 0.3) is 0 Å². The van der Waals surface area contributed by atoms with E-state index in [0.29, 0.717) is 38.2 Å². The van der Waals surface area contributed by atoms with Crippen LogP contribution in [0.25, 0.3) is 0 Å². The van der Waals surface area contributed by atoms with Crippen molar-refractivity contribution in [1.82, 2.24) is 20.4 Å². The van der Waals surface area contributed by atoms with Crippen LogP contribution in [0.5, 0.6) is 0 Å². The monoisotopic (exact) mass is 411 g/mol. The van der Waals surface area contributed by atoms with Crippen molar-refractivity contribution in [3.8, 4) is 0 Å². The predicted octanol–water partition coefficient (Wildman–Crippen LogP) is -0.236. The molecule has 0 unspecified atom stereocenters. The summed E-state index contributed by atoms with van der Waals surface area (Å²) >= 11 is 0. The van der Waals surface area contributed by atoms with Gasteiger partial charge < -0.3 is 37.0 Å². The highest BCUT2D eigenvalue weighted by atomic mass is 16.5. The van der Waals surface area contributed by atoms with Crippen LogP contribution >= 0.6 is 0 Å². The van der Waals surface area contributed by atoms with Gasteiger partial charge in [0, 0.05) is 13.0 Å². The number of aliphatic carboxylic acids is 1. The number of carbonyl (C=O) groups excluding carboxylic acids is 2. The molecule has 29 heavy (non-hydrogen) atoms. The van der Waals surface area contributed by atoms with E-state index in [2.05, 4.69) is 15.5 Å². The minimum absolute atomic E-state index is 0.0203. The molecule has 3 amide bonds. The maximum absolute atomic E-state index is 12.6. The smallest absolute Gasteiger partial charge is 0.326 e.